The second-order valence-corrected chi connectivity index (χ2v) is 11.1. The van der Waals surface area contributed by atoms with Crippen LogP contribution in [0, 0.1) is 11.6 Å². The number of benzene rings is 6. The van der Waals surface area contributed by atoms with Gasteiger partial charge in [0.2, 0.25) is 0 Å². The van der Waals surface area contributed by atoms with Gasteiger partial charge in [0.25, 0.3) is 11.8 Å². The van der Waals surface area contributed by atoms with Crippen LogP contribution in [0.2, 0.25) is 0 Å². The molecule has 7 rings (SSSR count). The molecule has 224 valence electrons. The molecule has 1 aliphatic rings. The number of hydrogen-bond acceptors (Lipinski definition) is 3. The number of nitrogens with two attached hydrogens (primary N) is 1. The first-order chi connectivity index (χ1) is 22.4. The van der Waals surface area contributed by atoms with E-state index in [1.54, 1.807) is 24.3 Å². The topological polar surface area (TPSA) is 75.4 Å². The van der Waals surface area contributed by atoms with Crippen LogP contribution in [0.3, 0.4) is 0 Å². The zero-order valence-corrected chi connectivity index (χ0v) is 24.5. The maximum atomic E-state index is 14.4. The molecule has 0 spiro atoms. The molecule has 0 bridgehead atoms. The Balaban J connectivity index is 1.31. The van der Waals surface area contributed by atoms with Gasteiger partial charge in [-0.25, -0.2) is 19.6 Å². The Morgan fingerprint density at radius 2 is 1.02 bits per heavy atom. The lowest BCUT2D eigenvalue weighted by Crippen LogP contribution is -2.38. The first kappa shape index (κ1) is 28.8. The first-order valence-corrected chi connectivity index (χ1v) is 14.7. The molecule has 0 unspecified atom stereocenters. The van der Waals surface area contributed by atoms with Crippen molar-refractivity contribution in [2.75, 3.05) is 10.3 Å². The number of halogens is 2. The summed E-state index contributed by atoms with van der Waals surface area (Å²) in [5, 5.41) is 3.74. The van der Waals surface area contributed by atoms with E-state index in [4.69, 9.17) is 5.84 Å². The Labute approximate surface area is 264 Å². The van der Waals surface area contributed by atoms with E-state index in [0.717, 1.165) is 38.4 Å². The van der Waals surface area contributed by atoms with Crippen LogP contribution < -0.4 is 16.2 Å². The molecule has 46 heavy (non-hydrogen) atoms. The molecule has 1 aliphatic carbocycles. The van der Waals surface area contributed by atoms with Crippen molar-refractivity contribution in [3.8, 4) is 11.1 Å². The molecule has 0 saturated heterocycles. The first-order valence-electron chi connectivity index (χ1n) is 14.7. The fraction of sp³-hybridized carbons (Fsp3) is 0.0256. The van der Waals surface area contributed by atoms with Gasteiger partial charge in [0.15, 0.2) is 0 Å². The van der Waals surface area contributed by atoms with Crippen LogP contribution in [0.5, 0.6) is 0 Å². The molecule has 0 aliphatic heterocycles. The van der Waals surface area contributed by atoms with E-state index in [0.29, 0.717) is 11.4 Å². The molecule has 0 atom stereocenters. The van der Waals surface area contributed by atoms with Gasteiger partial charge in [0, 0.05) is 5.69 Å². The summed E-state index contributed by atoms with van der Waals surface area (Å²) in [4.78, 5) is 25.9. The second kappa shape index (κ2) is 11.5. The maximum absolute atomic E-state index is 14.4. The normalized spacial score (nSPS) is 12.6. The van der Waals surface area contributed by atoms with Gasteiger partial charge in [-0.3, -0.25) is 9.59 Å². The van der Waals surface area contributed by atoms with Crippen molar-refractivity contribution >= 4 is 23.2 Å². The van der Waals surface area contributed by atoms with E-state index in [-0.39, 0.29) is 11.1 Å². The highest BCUT2D eigenvalue weighted by Crippen LogP contribution is 2.56. The highest BCUT2D eigenvalue weighted by molar-refractivity contribution is 6.05. The lowest BCUT2D eigenvalue weighted by atomic mass is 9.67. The van der Waals surface area contributed by atoms with Gasteiger partial charge in [-0.15, -0.1) is 0 Å². The van der Waals surface area contributed by atoms with Gasteiger partial charge in [-0.05, 0) is 81.9 Å². The molecule has 2 amide bonds. The summed E-state index contributed by atoms with van der Waals surface area (Å²) in [6.45, 7) is 0. The minimum absolute atomic E-state index is 0.0378. The molecule has 6 aromatic carbocycles. The smallest absolute Gasteiger partial charge is 0.275 e. The third-order valence-electron chi connectivity index (χ3n) is 8.55. The number of hydrogen-bond donors (Lipinski definition) is 2. The summed E-state index contributed by atoms with van der Waals surface area (Å²) >= 11 is 0. The average molecular weight is 608 g/mol. The Morgan fingerprint density at radius 3 is 1.57 bits per heavy atom. The number of hydrazine groups is 1. The third-order valence-corrected chi connectivity index (χ3v) is 8.55. The van der Waals surface area contributed by atoms with Crippen LogP contribution >= 0.6 is 0 Å². The zero-order chi connectivity index (χ0) is 31.8. The lowest BCUT2D eigenvalue weighted by Gasteiger charge is -2.34. The zero-order valence-electron chi connectivity index (χ0n) is 24.5. The molecular weight excluding hydrogens is 580 g/mol. The van der Waals surface area contributed by atoms with Crippen LogP contribution in [-0.2, 0) is 5.41 Å². The van der Waals surface area contributed by atoms with E-state index in [2.05, 4.69) is 29.6 Å². The summed E-state index contributed by atoms with van der Waals surface area (Å²) in [5.41, 5.74) is 6.19. The second-order valence-electron chi connectivity index (χ2n) is 11.1. The van der Waals surface area contributed by atoms with Gasteiger partial charge in [-0.1, -0.05) is 97.1 Å². The van der Waals surface area contributed by atoms with Crippen molar-refractivity contribution in [2.45, 2.75) is 5.41 Å². The fourth-order valence-corrected chi connectivity index (χ4v) is 6.42. The van der Waals surface area contributed by atoms with Crippen molar-refractivity contribution in [1.82, 2.24) is 0 Å². The third kappa shape index (κ3) is 4.65. The van der Waals surface area contributed by atoms with E-state index in [1.807, 2.05) is 60.7 Å². The quantitative estimate of drug-likeness (QED) is 0.114. The summed E-state index contributed by atoms with van der Waals surface area (Å²) in [6.07, 6.45) is 0. The molecule has 0 aromatic heterocycles. The van der Waals surface area contributed by atoms with E-state index in [1.165, 1.54) is 36.4 Å². The fourth-order valence-electron chi connectivity index (χ4n) is 6.42. The largest absolute Gasteiger partial charge is 0.322 e. The highest BCUT2D eigenvalue weighted by Gasteiger charge is 2.45. The van der Waals surface area contributed by atoms with Crippen LogP contribution in [-0.4, -0.2) is 11.8 Å². The number of anilines is 2. The van der Waals surface area contributed by atoms with Crippen molar-refractivity contribution in [3.63, 3.8) is 0 Å². The molecule has 0 heterocycles. The molecule has 0 fully saturated rings. The van der Waals surface area contributed by atoms with E-state index >= 15 is 0 Å². The molecule has 7 heteroatoms. The van der Waals surface area contributed by atoms with Crippen LogP contribution in [0.1, 0.15) is 43.0 Å². The predicted octanol–water partition coefficient (Wildman–Crippen LogP) is 8.10. The van der Waals surface area contributed by atoms with Gasteiger partial charge in [0.1, 0.15) is 11.6 Å². The average Bonchev–Trinajstić information content (AvgIpc) is 3.39. The summed E-state index contributed by atoms with van der Waals surface area (Å²) < 4.78 is 28.6. The van der Waals surface area contributed by atoms with E-state index < -0.39 is 28.9 Å². The number of amides is 2. The lowest BCUT2D eigenvalue weighted by molar-refractivity contribution is 0.0981. The number of carbonyl (C=O) groups is 2. The predicted molar refractivity (Wildman–Crippen MR) is 175 cm³/mol. The Bertz CT molecular complexity index is 2060. The van der Waals surface area contributed by atoms with Crippen LogP contribution in [0.4, 0.5) is 20.2 Å². The summed E-state index contributed by atoms with van der Waals surface area (Å²) in [5.74, 6) is 3.77. The molecular formula is C39H27F2N3O2. The van der Waals surface area contributed by atoms with E-state index in [9.17, 15) is 18.4 Å². The van der Waals surface area contributed by atoms with Crippen molar-refractivity contribution in [2.24, 2.45) is 5.84 Å². The molecule has 5 nitrogen and oxygen atoms in total. The maximum Gasteiger partial charge on any atom is 0.275 e. The van der Waals surface area contributed by atoms with Crippen LogP contribution in [0.15, 0.2) is 146 Å². The van der Waals surface area contributed by atoms with Gasteiger partial charge in [-0.2, -0.15) is 0 Å². The standard InChI is InChI=1S/C39H27F2N3O2/c40-35-15-7-3-11-31(35)37(45)43-27-21-17-25(18-22-27)39(33-13-5-1-9-29(33)30-10-2-6-14-34(30)39)26-19-23-28(24-20-26)44(42)38(46)32-12-4-8-16-36(32)41/h1-24H,42H2,(H,43,45). The number of nitrogens with one attached hydrogen (secondary N) is 1. The highest BCUT2D eigenvalue weighted by atomic mass is 19.1. The number of rotatable bonds is 6. The summed E-state index contributed by atoms with van der Waals surface area (Å²) in [6, 6.07) is 42.9. The van der Waals surface area contributed by atoms with Gasteiger partial charge >= 0.3 is 0 Å². The van der Waals surface area contributed by atoms with Crippen LogP contribution in [0.25, 0.3) is 11.1 Å². The van der Waals surface area contributed by atoms with Crippen molar-refractivity contribution in [3.05, 3.63) is 191 Å². The Morgan fingerprint density at radius 1 is 0.565 bits per heavy atom. The molecule has 3 N–H and O–H groups in total. The van der Waals surface area contributed by atoms with Gasteiger partial charge < -0.3 is 5.32 Å². The SMILES string of the molecule is NN(C(=O)c1ccccc1F)c1ccc(C2(c3ccc(NC(=O)c4ccccc4F)cc3)c3ccccc3-c3ccccc32)cc1. The summed E-state index contributed by atoms with van der Waals surface area (Å²) in [7, 11) is 0. The number of nitrogens with zero attached hydrogens (tertiary/aromatic N) is 1. The Kier molecular flexibility index (Phi) is 7.23. The van der Waals surface area contributed by atoms with Crippen molar-refractivity contribution in [1.29, 1.82) is 0 Å². The monoisotopic (exact) mass is 607 g/mol. The number of fused-ring (bicyclic) bond motifs is 3. The minimum Gasteiger partial charge on any atom is -0.322 e. The molecule has 0 radical (unpaired) electrons. The minimum atomic E-state index is -0.755. The van der Waals surface area contributed by atoms with Gasteiger partial charge in [0.05, 0.1) is 22.2 Å². The Hall–Kier alpha value is -5.92. The molecule has 6 aromatic rings. The number of carbonyl (C=O) groups excluding carboxylic acids is 2. The molecule has 0 saturated carbocycles. The van der Waals surface area contributed by atoms with Crippen molar-refractivity contribution < 1.29 is 18.4 Å².